The number of carbonyl (C=O) groups is 2. The fourth-order valence-electron chi connectivity index (χ4n) is 3.75. The van der Waals surface area contributed by atoms with Gasteiger partial charge in [0, 0.05) is 30.7 Å². The van der Waals surface area contributed by atoms with Crippen LogP contribution in [0.5, 0.6) is 0 Å². The molecule has 1 saturated heterocycles. The molecule has 3 amide bonds. The van der Waals surface area contributed by atoms with Gasteiger partial charge in [-0.2, -0.15) is 0 Å². The predicted octanol–water partition coefficient (Wildman–Crippen LogP) is 3.69. The second-order valence-electron chi connectivity index (χ2n) is 7.40. The minimum Gasteiger partial charge on any atom is -0.353 e. The Balaban J connectivity index is 1.42. The van der Waals surface area contributed by atoms with Gasteiger partial charge in [-0.25, -0.2) is 4.79 Å². The van der Waals surface area contributed by atoms with E-state index in [0.29, 0.717) is 13.1 Å². The summed E-state index contributed by atoms with van der Waals surface area (Å²) in [5, 5.41) is 6.15. The fraction of sp³-hybridized carbons (Fsp3) is 0.600. The smallest absolute Gasteiger partial charge is 0.321 e. The number of anilines is 1. The number of aryl methyl sites for hydroxylation is 1. The van der Waals surface area contributed by atoms with Crippen molar-refractivity contribution in [2.45, 2.75) is 57.9 Å². The van der Waals surface area contributed by atoms with E-state index >= 15 is 0 Å². The van der Waals surface area contributed by atoms with Gasteiger partial charge >= 0.3 is 6.03 Å². The van der Waals surface area contributed by atoms with Gasteiger partial charge in [0.1, 0.15) is 0 Å². The molecule has 0 unspecified atom stereocenters. The number of benzene rings is 1. The molecule has 5 nitrogen and oxygen atoms in total. The first-order valence-electron chi connectivity index (χ1n) is 9.55. The standard InChI is InChI=1S/C20H29N3O2/c1-15-7-9-17(10-8-15)22-20(25)23-13-11-18(12-14-23)21-19(24)16-5-3-2-4-6-16/h7-10,16,18H,2-6,11-14H2,1H3,(H,21,24)(H,22,25). The van der Waals surface area contributed by atoms with Crippen LogP contribution in [0.25, 0.3) is 0 Å². The molecular weight excluding hydrogens is 314 g/mol. The van der Waals surface area contributed by atoms with Crippen molar-refractivity contribution in [2.24, 2.45) is 5.92 Å². The summed E-state index contributed by atoms with van der Waals surface area (Å²) in [6.45, 7) is 3.40. The van der Waals surface area contributed by atoms with Gasteiger partial charge in [-0.1, -0.05) is 37.0 Å². The number of nitrogens with zero attached hydrogens (tertiary/aromatic N) is 1. The Kier molecular flexibility index (Phi) is 5.95. The first-order valence-corrected chi connectivity index (χ1v) is 9.55. The van der Waals surface area contributed by atoms with Gasteiger partial charge in [0.25, 0.3) is 0 Å². The first kappa shape index (κ1) is 17.8. The van der Waals surface area contributed by atoms with Gasteiger partial charge in [0.15, 0.2) is 0 Å². The average molecular weight is 343 g/mol. The number of hydrogen-bond acceptors (Lipinski definition) is 2. The number of piperidine rings is 1. The quantitative estimate of drug-likeness (QED) is 0.879. The third kappa shape index (κ3) is 4.97. The van der Waals surface area contributed by atoms with Gasteiger partial charge in [-0.3, -0.25) is 4.79 Å². The highest BCUT2D eigenvalue weighted by molar-refractivity contribution is 5.89. The number of amides is 3. The highest BCUT2D eigenvalue weighted by Crippen LogP contribution is 2.24. The third-order valence-electron chi connectivity index (χ3n) is 5.41. The maximum Gasteiger partial charge on any atom is 0.321 e. The second kappa shape index (κ2) is 8.37. The summed E-state index contributed by atoms with van der Waals surface area (Å²) >= 11 is 0. The molecule has 0 bridgehead atoms. The molecule has 2 N–H and O–H groups in total. The molecule has 2 fully saturated rings. The minimum atomic E-state index is -0.0547. The van der Waals surface area contributed by atoms with Crippen molar-refractivity contribution < 1.29 is 9.59 Å². The highest BCUT2D eigenvalue weighted by atomic mass is 16.2. The second-order valence-corrected chi connectivity index (χ2v) is 7.40. The third-order valence-corrected chi connectivity index (χ3v) is 5.41. The van der Waals surface area contributed by atoms with E-state index in [9.17, 15) is 9.59 Å². The fourth-order valence-corrected chi connectivity index (χ4v) is 3.75. The molecule has 1 aromatic carbocycles. The number of carbonyl (C=O) groups excluding carboxylic acids is 2. The number of likely N-dealkylation sites (tertiary alicyclic amines) is 1. The Morgan fingerprint density at radius 1 is 0.960 bits per heavy atom. The Morgan fingerprint density at radius 2 is 1.60 bits per heavy atom. The summed E-state index contributed by atoms with van der Waals surface area (Å²) in [5.41, 5.74) is 2.00. The van der Waals surface area contributed by atoms with E-state index in [1.54, 1.807) is 0 Å². The maximum atomic E-state index is 12.4. The molecule has 1 heterocycles. The van der Waals surface area contributed by atoms with E-state index in [0.717, 1.165) is 31.4 Å². The molecule has 1 aliphatic heterocycles. The molecule has 0 spiro atoms. The van der Waals surface area contributed by atoms with Crippen molar-refractivity contribution in [2.75, 3.05) is 18.4 Å². The Morgan fingerprint density at radius 3 is 2.24 bits per heavy atom. The number of hydrogen-bond donors (Lipinski definition) is 2. The van der Waals surface area contributed by atoms with Crippen LogP contribution in [0.3, 0.4) is 0 Å². The van der Waals surface area contributed by atoms with Crippen LogP contribution in [0, 0.1) is 12.8 Å². The van der Waals surface area contributed by atoms with Crippen LogP contribution in [0.1, 0.15) is 50.5 Å². The molecule has 1 aliphatic carbocycles. The molecule has 25 heavy (non-hydrogen) atoms. The zero-order chi connectivity index (χ0) is 17.6. The lowest BCUT2D eigenvalue weighted by atomic mass is 9.88. The lowest BCUT2D eigenvalue weighted by Gasteiger charge is -2.33. The molecule has 0 radical (unpaired) electrons. The molecule has 1 aromatic rings. The number of nitrogens with one attached hydrogen (secondary N) is 2. The van der Waals surface area contributed by atoms with Gasteiger partial charge < -0.3 is 15.5 Å². The zero-order valence-corrected chi connectivity index (χ0v) is 15.1. The van der Waals surface area contributed by atoms with Crippen LogP contribution in [0.15, 0.2) is 24.3 Å². The van der Waals surface area contributed by atoms with Crippen molar-refractivity contribution in [3.63, 3.8) is 0 Å². The van der Waals surface area contributed by atoms with Crippen LogP contribution < -0.4 is 10.6 Å². The number of urea groups is 1. The monoisotopic (exact) mass is 343 g/mol. The van der Waals surface area contributed by atoms with E-state index in [1.165, 1.54) is 24.8 Å². The molecule has 5 heteroatoms. The Bertz CT molecular complexity index is 585. The van der Waals surface area contributed by atoms with Gasteiger partial charge in [0.2, 0.25) is 5.91 Å². The summed E-state index contributed by atoms with van der Waals surface area (Å²) < 4.78 is 0. The summed E-state index contributed by atoms with van der Waals surface area (Å²) in [6, 6.07) is 7.97. The first-order chi connectivity index (χ1) is 12.1. The molecule has 0 aromatic heterocycles. The van der Waals surface area contributed by atoms with Crippen molar-refractivity contribution in [1.82, 2.24) is 10.2 Å². The van der Waals surface area contributed by atoms with Crippen LogP contribution in [0.4, 0.5) is 10.5 Å². The largest absolute Gasteiger partial charge is 0.353 e. The summed E-state index contributed by atoms with van der Waals surface area (Å²) in [6.07, 6.45) is 7.34. The predicted molar refractivity (Wildman–Crippen MR) is 99.5 cm³/mol. The van der Waals surface area contributed by atoms with Crippen LogP contribution in [-0.2, 0) is 4.79 Å². The molecule has 136 valence electrons. The molecular formula is C20H29N3O2. The van der Waals surface area contributed by atoms with Gasteiger partial charge in [-0.15, -0.1) is 0 Å². The highest BCUT2D eigenvalue weighted by Gasteiger charge is 2.27. The summed E-state index contributed by atoms with van der Waals surface area (Å²) in [5.74, 6) is 0.430. The number of rotatable bonds is 3. The van der Waals surface area contributed by atoms with E-state index < -0.39 is 0 Å². The Labute approximate surface area is 150 Å². The van der Waals surface area contributed by atoms with Crippen LogP contribution in [0.2, 0.25) is 0 Å². The minimum absolute atomic E-state index is 0.0547. The zero-order valence-electron chi connectivity index (χ0n) is 15.1. The van der Waals surface area contributed by atoms with Crippen molar-refractivity contribution in [1.29, 1.82) is 0 Å². The van der Waals surface area contributed by atoms with Gasteiger partial charge in [-0.05, 0) is 44.7 Å². The van der Waals surface area contributed by atoms with E-state index in [-0.39, 0.29) is 23.9 Å². The lowest BCUT2D eigenvalue weighted by Crippen LogP contribution is -2.49. The Hall–Kier alpha value is -2.04. The van der Waals surface area contributed by atoms with Crippen molar-refractivity contribution >= 4 is 17.6 Å². The van der Waals surface area contributed by atoms with Gasteiger partial charge in [0.05, 0.1) is 0 Å². The van der Waals surface area contributed by atoms with E-state index in [1.807, 2.05) is 36.1 Å². The van der Waals surface area contributed by atoms with Crippen molar-refractivity contribution in [3.8, 4) is 0 Å². The summed E-state index contributed by atoms with van der Waals surface area (Å²) in [7, 11) is 0. The van der Waals surface area contributed by atoms with Crippen LogP contribution >= 0.6 is 0 Å². The van der Waals surface area contributed by atoms with E-state index in [4.69, 9.17) is 0 Å². The SMILES string of the molecule is Cc1ccc(NC(=O)N2CCC(NC(=O)C3CCCCC3)CC2)cc1. The molecule has 2 aliphatic rings. The van der Waals surface area contributed by atoms with E-state index in [2.05, 4.69) is 10.6 Å². The van der Waals surface area contributed by atoms with Crippen molar-refractivity contribution in [3.05, 3.63) is 29.8 Å². The molecule has 1 saturated carbocycles. The molecule has 0 atom stereocenters. The topological polar surface area (TPSA) is 61.4 Å². The molecule has 3 rings (SSSR count). The summed E-state index contributed by atoms with van der Waals surface area (Å²) in [4.78, 5) is 26.5. The van der Waals surface area contributed by atoms with Crippen LogP contribution in [-0.4, -0.2) is 36.0 Å². The normalized spacial score (nSPS) is 19.5. The lowest BCUT2D eigenvalue weighted by molar-refractivity contribution is -0.126. The average Bonchev–Trinajstić information content (AvgIpc) is 2.65. The maximum absolute atomic E-state index is 12.4.